The van der Waals surface area contributed by atoms with E-state index in [0.29, 0.717) is 25.7 Å². The molecule has 1 aromatic heterocycles. The molecule has 1 aliphatic heterocycles. The third-order valence-corrected chi connectivity index (χ3v) is 4.25. The average molecular weight is 316 g/mol. The van der Waals surface area contributed by atoms with E-state index in [1.54, 1.807) is 23.1 Å². The third kappa shape index (κ3) is 3.79. The summed E-state index contributed by atoms with van der Waals surface area (Å²) in [6, 6.07) is 10.4. The van der Waals surface area contributed by atoms with Crippen LogP contribution >= 0.6 is 0 Å². The Morgan fingerprint density at radius 1 is 1.26 bits per heavy atom. The number of rotatable bonds is 4. The van der Waals surface area contributed by atoms with Crippen molar-refractivity contribution in [2.45, 2.75) is 32.4 Å². The van der Waals surface area contributed by atoms with Gasteiger partial charge in [-0.25, -0.2) is 4.39 Å². The van der Waals surface area contributed by atoms with Crippen molar-refractivity contribution >= 4 is 5.91 Å². The fourth-order valence-corrected chi connectivity index (χ4v) is 2.92. The van der Waals surface area contributed by atoms with Gasteiger partial charge in [-0.15, -0.1) is 0 Å². The van der Waals surface area contributed by atoms with E-state index in [1.807, 2.05) is 19.1 Å². The smallest absolute Gasteiger partial charge is 0.256 e. The molecule has 1 N–H and O–H groups in total. The number of carbonyl (C=O) groups is 1. The van der Waals surface area contributed by atoms with Crippen LogP contribution in [0.3, 0.4) is 0 Å². The zero-order valence-electron chi connectivity index (χ0n) is 13.2. The predicted molar refractivity (Wildman–Crippen MR) is 85.6 cm³/mol. The van der Waals surface area contributed by atoms with E-state index in [2.05, 4.69) is 5.32 Å². The summed E-state index contributed by atoms with van der Waals surface area (Å²) in [6.07, 6.45) is 1.72. The topological polar surface area (TPSA) is 45.5 Å². The van der Waals surface area contributed by atoms with Gasteiger partial charge in [0.2, 0.25) is 0 Å². The molecule has 0 bridgehead atoms. The van der Waals surface area contributed by atoms with Crippen molar-refractivity contribution < 1.29 is 13.6 Å². The molecule has 2 heterocycles. The van der Waals surface area contributed by atoms with Crippen molar-refractivity contribution in [2.75, 3.05) is 13.1 Å². The van der Waals surface area contributed by atoms with Crippen molar-refractivity contribution in [1.82, 2.24) is 10.2 Å². The molecule has 23 heavy (non-hydrogen) atoms. The first-order chi connectivity index (χ1) is 11.1. The van der Waals surface area contributed by atoms with Crippen molar-refractivity contribution in [2.24, 2.45) is 0 Å². The normalized spacial score (nSPS) is 15.8. The Hall–Kier alpha value is -2.14. The molecule has 0 spiro atoms. The maximum atomic E-state index is 13.7. The molecule has 122 valence electrons. The Balaban J connectivity index is 1.50. The second kappa shape index (κ2) is 6.96. The summed E-state index contributed by atoms with van der Waals surface area (Å²) in [5.74, 6) is 1.16. The summed E-state index contributed by atoms with van der Waals surface area (Å²) in [7, 11) is 0. The minimum atomic E-state index is -0.453. The molecule has 4 nitrogen and oxygen atoms in total. The second-order valence-electron chi connectivity index (χ2n) is 5.94. The van der Waals surface area contributed by atoms with E-state index < -0.39 is 5.82 Å². The molecule has 0 aliphatic carbocycles. The molecule has 0 atom stereocenters. The number of amides is 1. The highest BCUT2D eigenvalue weighted by Crippen LogP contribution is 2.16. The molecule has 1 saturated heterocycles. The maximum Gasteiger partial charge on any atom is 0.256 e. The number of halogens is 1. The van der Waals surface area contributed by atoms with E-state index in [1.165, 1.54) is 6.07 Å². The largest absolute Gasteiger partial charge is 0.465 e. The molecule has 1 amide bonds. The lowest BCUT2D eigenvalue weighted by Gasteiger charge is -2.32. The molecular formula is C18H21FN2O2. The summed E-state index contributed by atoms with van der Waals surface area (Å²) >= 11 is 0. The number of hydrogen-bond acceptors (Lipinski definition) is 3. The molecule has 0 radical (unpaired) electrons. The summed E-state index contributed by atoms with van der Waals surface area (Å²) in [5, 5.41) is 3.46. The van der Waals surface area contributed by atoms with Crippen LogP contribution in [0.4, 0.5) is 4.39 Å². The van der Waals surface area contributed by atoms with Gasteiger partial charge in [0.15, 0.2) is 0 Å². The van der Waals surface area contributed by atoms with E-state index in [9.17, 15) is 9.18 Å². The van der Waals surface area contributed by atoms with Crippen molar-refractivity contribution in [1.29, 1.82) is 0 Å². The monoisotopic (exact) mass is 316 g/mol. The summed E-state index contributed by atoms with van der Waals surface area (Å²) in [5.41, 5.74) is 0.157. The van der Waals surface area contributed by atoms with Gasteiger partial charge in [0.25, 0.3) is 5.91 Å². The number of carbonyl (C=O) groups excluding carboxylic acids is 1. The maximum absolute atomic E-state index is 13.7. The predicted octanol–water partition coefficient (Wildman–Crippen LogP) is 3.12. The Morgan fingerprint density at radius 3 is 2.65 bits per heavy atom. The number of hydrogen-bond donors (Lipinski definition) is 1. The lowest BCUT2D eigenvalue weighted by molar-refractivity contribution is 0.0699. The molecule has 5 heteroatoms. The van der Waals surface area contributed by atoms with Crippen LogP contribution in [0.1, 0.15) is 34.7 Å². The average Bonchev–Trinajstić information content (AvgIpc) is 2.99. The lowest BCUT2D eigenvalue weighted by Crippen LogP contribution is -2.44. The highest BCUT2D eigenvalue weighted by molar-refractivity contribution is 5.94. The fraction of sp³-hybridized carbons (Fsp3) is 0.389. The number of likely N-dealkylation sites (tertiary alicyclic amines) is 1. The Kier molecular flexibility index (Phi) is 4.76. The number of piperidine rings is 1. The lowest BCUT2D eigenvalue weighted by atomic mass is 10.0. The van der Waals surface area contributed by atoms with Gasteiger partial charge in [-0.05, 0) is 44.0 Å². The molecule has 0 unspecified atom stereocenters. The minimum Gasteiger partial charge on any atom is -0.465 e. The molecule has 2 aromatic rings. The van der Waals surface area contributed by atoms with E-state index in [0.717, 1.165) is 24.4 Å². The molecule has 0 saturated carbocycles. The summed E-state index contributed by atoms with van der Waals surface area (Å²) in [6.45, 7) is 3.90. The van der Waals surface area contributed by atoms with Gasteiger partial charge in [0, 0.05) is 19.1 Å². The standard InChI is InChI=1S/C18H21FN2O2/c1-13-6-7-15(23-13)12-20-14-8-10-21(11-9-14)18(22)16-4-2-3-5-17(16)19/h2-7,14,20H,8-12H2,1H3. The number of aryl methyl sites for hydroxylation is 1. The zero-order chi connectivity index (χ0) is 16.2. The third-order valence-electron chi connectivity index (χ3n) is 4.25. The van der Waals surface area contributed by atoms with Crippen LogP contribution in [-0.2, 0) is 6.54 Å². The highest BCUT2D eigenvalue weighted by Gasteiger charge is 2.24. The number of nitrogens with zero attached hydrogens (tertiary/aromatic N) is 1. The minimum absolute atomic E-state index is 0.157. The molecule has 3 rings (SSSR count). The Morgan fingerprint density at radius 2 is 2.00 bits per heavy atom. The van der Waals surface area contributed by atoms with Crippen LogP contribution in [0.25, 0.3) is 0 Å². The van der Waals surface area contributed by atoms with Crippen molar-refractivity contribution in [3.8, 4) is 0 Å². The van der Waals surface area contributed by atoms with Crippen LogP contribution in [0, 0.1) is 12.7 Å². The highest BCUT2D eigenvalue weighted by atomic mass is 19.1. The van der Waals surface area contributed by atoms with Gasteiger partial charge in [-0.2, -0.15) is 0 Å². The van der Waals surface area contributed by atoms with E-state index >= 15 is 0 Å². The zero-order valence-corrected chi connectivity index (χ0v) is 13.2. The first-order valence-corrected chi connectivity index (χ1v) is 7.96. The Bertz CT molecular complexity index is 675. The number of furan rings is 1. The molecular weight excluding hydrogens is 295 g/mol. The van der Waals surface area contributed by atoms with Gasteiger partial charge in [0.05, 0.1) is 12.1 Å². The SMILES string of the molecule is Cc1ccc(CNC2CCN(C(=O)c3ccccc3F)CC2)o1. The molecule has 1 aromatic carbocycles. The van der Waals surface area contributed by atoms with Crippen molar-refractivity contribution in [3.05, 3.63) is 59.3 Å². The summed E-state index contributed by atoms with van der Waals surface area (Å²) in [4.78, 5) is 14.1. The van der Waals surface area contributed by atoms with Crippen LogP contribution in [0.5, 0.6) is 0 Å². The fourth-order valence-electron chi connectivity index (χ4n) is 2.92. The van der Waals surface area contributed by atoms with Crippen LogP contribution < -0.4 is 5.32 Å². The first-order valence-electron chi connectivity index (χ1n) is 7.96. The van der Waals surface area contributed by atoms with Gasteiger partial charge >= 0.3 is 0 Å². The Labute approximate surface area is 135 Å². The molecule has 1 fully saturated rings. The first kappa shape index (κ1) is 15.7. The quantitative estimate of drug-likeness (QED) is 0.942. The van der Waals surface area contributed by atoms with Crippen molar-refractivity contribution in [3.63, 3.8) is 0 Å². The molecule has 1 aliphatic rings. The van der Waals surface area contributed by atoms with Crippen LogP contribution in [-0.4, -0.2) is 29.9 Å². The van der Waals surface area contributed by atoms with Gasteiger partial charge in [0.1, 0.15) is 17.3 Å². The summed E-state index contributed by atoms with van der Waals surface area (Å²) < 4.78 is 19.2. The number of nitrogens with one attached hydrogen (secondary N) is 1. The van der Waals surface area contributed by atoms with Gasteiger partial charge in [-0.3, -0.25) is 4.79 Å². The number of benzene rings is 1. The van der Waals surface area contributed by atoms with Gasteiger partial charge < -0.3 is 14.6 Å². The van der Waals surface area contributed by atoms with Gasteiger partial charge in [-0.1, -0.05) is 12.1 Å². The second-order valence-corrected chi connectivity index (χ2v) is 5.94. The van der Waals surface area contributed by atoms with Crippen LogP contribution in [0.15, 0.2) is 40.8 Å². The van der Waals surface area contributed by atoms with Crippen LogP contribution in [0.2, 0.25) is 0 Å². The van der Waals surface area contributed by atoms with E-state index in [-0.39, 0.29) is 11.5 Å². The van der Waals surface area contributed by atoms with E-state index in [4.69, 9.17) is 4.42 Å².